The summed E-state index contributed by atoms with van der Waals surface area (Å²) in [4.78, 5) is 0. The molecule has 1 N–H and O–H groups in total. The van der Waals surface area contributed by atoms with Crippen LogP contribution in [0.3, 0.4) is 0 Å². The Kier molecular flexibility index (Phi) is 5.16. The van der Waals surface area contributed by atoms with Gasteiger partial charge in [0.2, 0.25) is 0 Å². The highest BCUT2D eigenvalue weighted by Gasteiger charge is 1.73. The van der Waals surface area contributed by atoms with Crippen LogP contribution in [0.2, 0.25) is 0 Å². The van der Waals surface area contributed by atoms with Gasteiger partial charge in [0.05, 0.1) is 0 Å². The van der Waals surface area contributed by atoms with Gasteiger partial charge in [-0.3, -0.25) is 0 Å². The first-order chi connectivity index (χ1) is 4.81. The summed E-state index contributed by atoms with van der Waals surface area (Å²) in [6.45, 7) is 7.25. The van der Waals surface area contributed by atoms with Crippen LogP contribution >= 0.6 is 0 Å². The molecule has 0 bridgehead atoms. The van der Waals surface area contributed by atoms with Crippen molar-refractivity contribution in [1.29, 1.82) is 0 Å². The molecule has 10 heavy (non-hydrogen) atoms. The van der Waals surface area contributed by atoms with E-state index in [1.807, 2.05) is 31.4 Å². The van der Waals surface area contributed by atoms with Crippen LogP contribution in [0.1, 0.15) is 0 Å². The standard InChI is InChI=1S/C9H13N/c1-4-5-6-7-8-9(2)10-3/h4-8,10H,1-2H2,3H3/b6-5-,8-7?. The fourth-order valence-corrected chi connectivity index (χ4v) is 0.398. The van der Waals surface area contributed by atoms with E-state index >= 15 is 0 Å². The number of hydrogen-bond donors (Lipinski definition) is 1. The summed E-state index contributed by atoms with van der Waals surface area (Å²) in [6.07, 6.45) is 9.28. The molecule has 0 aromatic rings. The third-order valence-corrected chi connectivity index (χ3v) is 0.977. The molecule has 0 aliphatic rings. The van der Waals surface area contributed by atoms with Gasteiger partial charge in [0, 0.05) is 12.7 Å². The fraction of sp³-hybridized carbons (Fsp3) is 0.111. The molecule has 0 aromatic heterocycles. The van der Waals surface area contributed by atoms with Crippen LogP contribution in [0.25, 0.3) is 0 Å². The average Bonchev–Trinajstić information content (AvgIpc) is 1.98. The van der Waals surface area contributed by atoms with Gasteiger partial charge < -0.3 is 5.32 Å². The van der Waals surface area contributed by atoms with E-state index in [-0.39, 0.29) is 0 Å². The number of nitrogens with one attached hydrogen (secondary N) is 1. The molecule has 0 heterocycles. The largest absolute Gasteiger partial charge is 0.389 e. The Bertz CT molecular complexity index is 164. The maximum Gasteiger partial charge on any atom is 0.0264 e. The van der Waals surface area contributed by atoms with Crippen molar-refractivity contribution in [1.82, 2.24) is 5.32 Å². The Hall–Kier alpha value is -1.24. The van der Waals surface area contributed by atoms with Gasteiger partial charge >= 0.3 is 0 Å². The zero-order valence-electron chi connectivity index (χ0n) is 6.30. The highest BCUT2D eigenvalue weighted by atomic mass is 14.8. The van der Waals surface area contributed by atoms with E-state index in [9.17, 15) is 0 Å². The van der Waals surface area contributed by atoms with Crippen LogP contribution < -0.4 is 5.32 Å². The minimum absolute atomic E-state index is 0.897. The molecule has 0 rings (SSSR count). The number of likely N-dealkylation sites (N-methyl/N-ethyl adjacent to an activating group) is 1. The molecule has 0 amide bonds. The van der Waals surface area contributed by atoms with Crippen molar-refractivity contribution in [2.45, 2.75) is 0 Å². The van der Waals surface area contributed by atoms with Crippen LogP contribution in [0.15, 0.2) is 49.2 Å². The molecule has 0 spiro atoms. The van der Waals surface area contributed by atoms with E-state index < -0.39 is 0 Å². The molecule has 0 fully saturated rings. The molecule has 0 aliphatic carbocycles. The second-order valence-electron chi connectivity index (χ2n) is 1.75. The smallest absolute Gasteiger partial charge is 0.0264 e. The summed E-state index contributed by atoms with van der Waals surface area (Å²) in [5.41, 5.74) is 0.897. The first kappa shape index (κ1) is 8.76. The SMILES string of the molecule is C=C/C=C\C=CC(=C)NC. The Balaban J connectivity index is 3.65. The van der Waals surface area contributed by atoms with E-state index in [0.29, 0.717) is 0 Å². The minimum atomic E-state index is 0.897. The zero-order valence-corrected chi connectivity index (χ0v) is 6.30. The topological polar surface area (TPSA) is 12.0 Å². The summed E-state index contributed by atoms with van der Waals surface area (Å²) in [6, 6.07) is 0. The van der Waals surface area contributed by atoms with Gasteiger partial charge in [-0.05, 0) is 6.08 Å². The van der Waals surface area contributed by atoms with Gasteiger partial charge in [-0.2, -0.15) is 0 Å². The van der Waals surface area contributed by atoms with Gasteiger partial charge in [-0.25, -0.2) is 0 Å². The highest BCUT2D eigenvalue weighted by Crippen LogP contribution is 1.85. The van der Waals surface area contributed by atoms with Crippen LogP contribution in [0.4, 0.5) is 0 Å². The lowest BCUT2D eigenvalue weighted by Gasteiger charge is -1.92. The molecule has 0 unspecified atom stereocenters. The van der Waals surface area contributed by atoms with Crippen LogP contribution in [-0.2, 0) is 0 Å². The number of rotatable bonds is 4. The Morgan fingerprint density at radius 1 is 1.30 bits per heavy atom. The summed E-state index contributed by atoms with van der Waals surface area (Å²) in [5.74, 6) is 0. The number of hydrogen-bond acceptors (Lipinski definition) is 1. The van der Waals surface area contributed by atoms with Crippen molar-refractivity contribution < 1.29 is 0 Å². The van der Waals surface area contributed by atoms with E-state index in [2.05, 4.69) is 18.5 Å². The first-order valence-corrected chi connectivity index (χ1v) is 3.13. The lowest BCUT2D eigenvalue weighted by molar-refractivity contribution is 1.04. The predicted molar refractivity (Wildman–Crippen MR) is 46.7 cm³/mol. The second kappa shape index (κ2) is 5.89. The van der Waals surface area contributed by atoms with Gasteiger partial charge in [0.25, 0.3) is 0 Å². The van der Waals surface area contributed by atoms with Gasteiger partial charge in [0.1, 0.15) is 0 Å². The Morgan fingerprint density at radius 3 is 2.50 bits per heavy atom. The van der Waals surface area contributed by atoms with E-state index in [1.165, 1.54) is 0 Å². The van der Waals surface area contributed by atoms with E-state index in [4.69, 9.17) is 0 Å². The van der Waals surface area contributed by atoms with Gasteiger partial charge in [-0.15, -0.1) is 0 Å². The predicted octanol–water partition coefficient (Wildman–Crippen LogP) is 2.02. The quantitative estimate of drug-likeness (QED) is 0.581. The van der Waals surface area contributed by atoms with Crippen molar-refractivity contribution in [3.05, 3.63) is 49.2 Å². The summed E-state index contributed by atoms with van der Waals surface area (Å²) in [5, 5.41) is 2.90. The molecule has 54 valence electrons. The van der Waals surface area contributed by atoms with Crippen molar-refractivity contribution in [3.8, 4) is 0 Å². The first-order valence-electron chi connectivity index (χ1n) is 3.13. The Labute approximate surface area is 62.5 Å². The lowest BCUT2D eigenvalue weighted by Crippen LogP contribution is -1.99. The van der Waals surface area contributed by atoms with Crippen molar-refractivity contribution in [2.24, 2.45) is 0 Å². The number of allylic oxidation sites excluding steroid dienone is 5. The highest BCUT2D eigenvalue weighted by molar-refractivity contribution is 5.18. The van der Waals surface area contributed by atoms with Crippen LogP contribution in [-0.4, -0.2) is 7.05 Å². The third-order valence-electron chi connectivity index (χ3n) is 0.977. The van der Waals surface area contributed by atoms with Crippen LogP contribution in [0.5, 0.6) is 0 Å². The average molecular weight is 135 g/mol. The summed E-state index contributed by atoms with van der Waals surface area (Å²) >= 11 is 0. The monoisotopic (exact) mass is 135 g/mol. The molecule has 0 saturated carbocycles. The van der Waals surface area contributed by atoms with Crippen molar-refractivity contribution in [3.63, 3.8) is 0 Å². The van der Waals surface area contributed by atoms with E-state index in [1.54, 1.807) is 6.08 Å². The minimum Gasteiger partial charge on any atom is -0.389 e. The van der Waals surface area contributed by atoms with E-state index in [0.717, 1.165) is 5.70 Å². The third kappa shape index (κ3) is 4.91. The molecule has 0 saturated heterocycles. The summed E-state index contributed by atoms with van der Waals surface area (Å²) in [7, 11) is 1.84. The maximum absolute atomic E-state index is 3.71. The molecular weight excluding hydrogens is 122 g/mol. The van der Waals surface area contributed by atoms with Gasteiger partial charge in [0.15, 0.2) is 0 Å². The lowest BCUT2D eigenvalue weighted by atomic mass is 10.4. The molecular formula is C9H13N. The fourth-order valence-electron chi connectivity index (χ4n) is 0.398. The molecule has 1 nitrogen and oxygen atoms in total. The normalized spacial score (nSPS) is 10.5. The second-order valence-corrected chi connectivity index (χ2v) is 1.75. The Morgan fingerprint density at radius 2 is 2.00 bits per heavy atom. The van der Waals surface area contributed by atoms with Gasteiger partial charge in [-0.1, -0.05) is 37.5 Å². The molecule has 0 aliphatic heterocycles. The molecule has 1 heteroatoms. The van der Waals surface area contributed by atoms with Crippen molar-refractivity contribution in [2.75, 3.05) is 7.05 Å². The van der Waals surface area contributed by atoms with Crippen LogP contribution in [0, 0.1) is 0 Å². The molecule has 0 atom stereocenters. The van der Waals surface area contributed by atoms with Crippen molar-refractivity contribution >= 4 is 0 Å². The molecule has 0 aromatic carbocycles. The zero-order chi connectivity index (χ0) is 7.82. The molecule has 0 radical (unpaired) electrons. The maximum atomic E-state index is 3.71. The summed E-state index contributed by atoms with van der Waals surface area (Å²) < 4.78 is 0.